The normalized spacial score (nSPS) is 16.0. The molecule has 1 aromatic carbocycles. The number of benzene rings is 1. The maximum absolute atomic E-state index is 12.7. The number of nitrogen functional groups attached to an aromatic ring is 1. The van der Waals surface area contributed by atoms with Gasteiger partial charge in [-0.15, -0.1) is 0 Å². The minimum Gasteiger partial charge on any atom is -0.398 e. The average molecular weight is 244 g/mol. The van der Waals surface area contributed by atoms with Gasteiger partial charge in [0.2, 0.25) is 0 Å². The molecule has 1 aliphatic carbocycles. The standard InChI is InChI=1S/C12H15F3N2/c1-17(7-8-2-3-8)9-4-5-11(16)10(6-9)12(13,14)15/h4-6,8H,2-3,7,16H2,1H3. The zero-order chi connectivity index (χ0) is 12.6. The Balaban J connectivity index is 2.23. The molecule has 17 heavy (non-hydrogen) atoms. The molecule has 94 valence electrons. The van der Waals surface area contributed by atoms with Gasteiger partial charge in [-0.25, -0.2) is 0 Å². The third-order valence-corrected chi connectivity index (χ3v) is 3.01. The predicted octanol–water partition coefficient (Wildman–Crippen LogP) is 3.13. The average Bonchev–Trinajstić information content (AvgIpc) is 3.00. The summed E-state index contributed by atoms with van der Waals surface area (Å²) in [6.45, 7) is 0.807. The highest BCUT2D eigenvalue weighted by Gasteiger charge is 2.33. The van der Waals surface area contributed by atoms with Gasteiger partial charge in [0.15, 0.2) is 0 Å². The molecular weight excluding hydrogens is 229 g/mol. The fourth-order valence-electron chi connectivity index (χ4n) is 1.82. The van der Waals surface area contributed by atoms with Crippen molar-refractivity contribution >= 4 is 11.4 Å². The number of anilines is 2. The van der Waals surface area contributed by atoms with E-state index >= 15 is 0 Å². The van der Waals surface area contributed by atoms with Crippen LogP contribution in [-0.4, -0.2) is 13.6 Å². The summed E-state index contributed by atoms with van der Waals surface area (Å²) in [4.78, 5) is 1.85. The molecule has 0 aliphatic heterocycles. The van der Waals surface area contributed by atoms with Gasteiger partial charge in [-0.05, 0) is 37.0 Å². The van der Waals surface area contributed by atoms with Crippen LogP contribution in [0.5, 0.6) is 0 Å². The molecule has 0 saturated heterocycles. The number of nitrogens with two attached hydrogens (primary N) is 1. The van der Waals surface area contributed by atoms with Crippen LogP contribution >= 0.6 is 0 Å². The maximum atomic E-state index is 12.7. The van der Waals surface area contributed by atoms with Crippen LogP contribution in [0, 0.1) is 5.92 Å². The highest BCUT2D eigenvalue weighted by Crippen LogP contribution is 2.37. The van der Waals surface area contributed by atoms with Crippen molar-refractivity contribution in [3.63, 3.8) is 0 Å². The molecule has 0 spiro atoms. The van der Waals surface area contributed by atoms with Crippen LogP contribution in [-0.2, 0) is 6.18 Å². The van der Waals surface area contributed by atoms with E-state index in [9.17, 15) is 13.2 Å². The third kappa shape index (κ3) is 2.84. The lowest BCUT2D eigenvalue weighted by atomic mass is 10.1. The van der Waals surface area contributed by atoms with Crippen molar-refractivity contribution in [3.8, 4) is 0 Å². The van der Waals surface area contributed by atoms with E-state index < -0.39 is 11.7 Å². The smallest absolute Gasteiger partial charge is 0.398 e. The number of nitrogens with zero attached hydrogens (tertiary/aromatic N) is 1. The van der Waals surface area contributed by atoms with E-state index in [2.05, 4.69) is 0 Å². The van der Waals surface area contributed by atoms with Gasteiger partial charge in [0.25, 0.3) is 0 Å². The van der Waals surface area contributed by atoms with E-state index in [-0.39, 0.29) is 5.69 Å². The first-order chi connectivity index (χ1) is 7.88. The van der Waals surface area contributed by atoms with Crippen LogP contribution in [0.2, 0.25) is 0 Å². The number of hydrogen-bond acceptors (Lipinski definition) is 2. The zero-order valence-electron chi connectivity index (χ0n) is 9.59. The first-order valence-corrected chi connectivity index (χ1v) is 5.56. The summed E-state index contributed by atoms with van der Waals surface area (Å²) in [6.07, 6.45) is -2.04. The Kier molecular flexibility index (Phi) is 2.93. The number of rotatable bonds is 3. The van der Waals surface area contributed by atoms with Crippen molar-refractivity contribution in [2.75, 3.05) is 24.2 Å². The molecule has 0 amide bonds. The molecule has 2 nitrogen and oxygen atoms in total. The van der Waals surface area contributed by atoms with Gasteiger partial charge in [-0.1, -0.05) is 0 Å². The van der Waals surface area contributed by atoms with E-state index in [1.54, 1.807) is 6.07 Å². The zero-order valence-corrected chi connectivity index (χ0v) is 9.59. The SMILES string of the molecule is CN(CC1CC1)c1ccc(N)c(C(F)(F)F)c1. The van der Waals surface area contributed by atoms with Crippen LogP contribution in [0.15, 0.2) is 18.2 Å². The van der Waals surface area contributed by atoms with E-state index in [0.717, 1.165) is 12.6 Å². The first-order valence-electron chi connectivity index (χ1n) is 5.56. The molecule has 0 bridgehead atoms. The second-order valence-corrected chi connectivity index (χ2v) is 4.59. The molecule has 0 aromatic heterocycles. The van der Waals surface area contributed by atoms with E-state index in [4.69, 9.17) is 5.73 Å². The summed E-state index contributed by atoms with van der Waals surface area (Å²) >= 11 is 0. The van der Waals surface area contributed by atoms with Gasteiger partial charge in [0, 0.05) is 25.0 Å². The number of hydrogen-bond donors (Lipinski definition) is 1. The number of alkyl halides is 3. The molecular formula is C12H15F3N2. The summed E-state index contributed by atoms with van der Waals surface area (Å²) in [7, 11) is 1.81. The van der Waals surface area contributed by atoms with Crippen molar-refractivity contribution in [2.24, 2.45) is 5.92 Å². The molecule has 1 fully saturated rings. The summed E-state index contributed by atoms with van der Waals surface area (Å²) in [5.74, 6) is 0.631. The predicted molar refractivity (Wildman–Crippen MR) is 61.9 cm³/mol. The summed E-state index contributed by atoms with van der Waals surface area (Å²) < 4.78 is 38.0. The van der Waals surface area contributed by atoms with Gasteiger partial charge in [0.1, 0.15) is 0 Å². The van der Waals surface area contributed by atoms with Crippen molar-refractivity contribution < 1.29 is 13.2 Å². The van der Waals surface area contributed by atoms with Crippen molar-refractivity contribution in [1.82, 2.24) is 0 Å². The quantitative estimate of drug-likeness (QED) is 0.828. The fraction of sp³-hybridized carbons (Fsp3) is 0.500. The molecule has 2 N–H and O–H groups in total. The second kappa shape index (κ2) is 4.13. The highest BCUT2D eigenvalue weighted by molar-refractivity contribution is 5.59. The lowest BCUT2D eigenvalue weighted by Crippen LogP contribution is -2.21. The van der Waals surface area contributed by atoms with E-state index in [1.807, 2.05) is 11.9 Å². The minimum absolute atomic E-state index is 0.221. The Morgan fingerprint density at radius 2 is 2.00 bits per heavy atom. The summed E-state index contributed by atoms with van der Waals surface area (Å²) in [6, 6.07) is 4.08. The van der Waals surface area contributed by atoms with Crippen LogP contribution in [0.3, 0.4) is 0 Å². The lowest BCUT2D eigenvalue weighted by molar-refractivity contribution is -0.136. The van der Waals surface area contributed by atoms with Gasteiger partial charge < -0.3 is 10.6 Å². The molecule has 0 radical (unpaired) electrons. The van der Waals surface area contributed by atoms with Crippen LogP contribution in [0.1, 0.15) is 18.4 Å². The Bertz CT molecular complexity index is 411. The molecule has 0 heterocycles. The van der Waals surface area contributed by atoms with Gasteiger partial charge >= 0.3 is 6.18 Å². The fourth-order valence-corrected chi connectivity index (χ4v) is 1.82. The molecule has 2 rings (SSSR count). The molecule has 1 aromatic rings. The molecule has 1 saturated carbocycles. The molecule has 0 unspecified atom stereocenters. The highest BCUT2D eigenvalue weighted by atomic mass is 19.4. The monoisotopic (exact) mass is 244 g/mol. The van der Waals surface area contributed by atoms with Crippen molar-refractivity contribution in [3.05, 3.63) is 23.8 Å². The Labute approximate surface area is 98.2 Å². The Hall–Kier alpha value is -1.39. The third-order valence-electron chi connectivity index (χ3n) is 3.01. The van der Waals surface area contributed by atoms with Crippen LogP contribution < -0.4 is 10.6 Å². The number of halogens is 3. The summed E-state index contributed by atoms with van der Waals surface area (Å²) in [5.41, 5.74) is 4.95. The van der Waals surface area contributed by atoms with E-state index in [1.165, 1.54) is 18.9 Å². The second-order valence-electron chi connectivity index (χ2n) is 4.59. The minimum atomic E-state index is -4.39. The summed E-state index contributed by atoms with van der Waals surface area (Å²) in [5, 5.41) is 0. The van der Waals surface area contributed by atoms with Gasteiger partial charge in [0.05, 0.1) is 5.56 Å². The van der Waals surface area contributed by atoms with Gasteiger partial charge in [-0.2, -0.15) is 13.2 Å². The largest absolute Gasteiger partial charge is 0.418 e. The molecule has 1 aliphatic rings. The first kappa shape index (κ1) is 12.1. The van der Waals surface area contributed by atoms with Crippen molar-refractivity contribution in [2.45, 2.75) is 19.0 Å². The van der Waals surface area contributed by atoms with E-state index in [0.29, 0.717) is 11.6 Å². The molecule has 5 heteroatoms. The lowest BCUT2D eigenvalue weighted by Gasteiger charge is -2.21. The Morgan fingerprint density at radius 3 is 2.53 bits per heavy atom. The maximum Gasteiger partial charge on any atom is 0.418 e. The molecule has 0 atom stereocenters. The Morgan fingerprint density at radius 1 is 1.35 bits per heavy atom. The van der Waals surface area contributed by atoms with Crippen LogP contribution in [0.25, 0.3) is 0 Å². The topological polar surface area (TPSA) is 29.3 Å². The van der Waals surface area contributed by atoms with Crippen molar-refractivity contribution in [1.29, 1.82) is 0 Å². The van der Waals surface area contributed by atoms with Gasteiger partial charge in [-0.3, -0.25) is 0 Å². The van der Waals surface area contributed by atoms with Crippen LogP contribution in [0.4, 0.5) is 24.5 Å².